The highest BCUT2D eigenvalue weighted by molar-refractivity contribution is 7.82. The minimum Gasteiger partial charge on any atom is -0.480 e. The average molecular weight is 340 g/mol. The van der Waals surface area contributed by atoms with Gasteiger partial charge in [0.05, 0.1) is 0 Å². The van der Waals surface area contributed by atoms with Gasteiger partial charge >= 0.3 is 5.97 Å². The number of carbonyl (C=O) groups is 2. The molecule has 1 unspecified atom stereocenters. The Hall–Kier alpha value is -0.0100. The Labute approximate surface area is 137 Å². The molecule has 0 aliphatic heterocycles. The molecule has 4 nitrogen and oxygen atoms in total. The van der Waals surface area contributed by atoms with Crippen LogP contribution in [-0.4, -0.2) is 38.8 Å². The van der Waals surface area contributed by atoms with Gasteiger partial charge in [0.1, 0.15) is 6.04 Å². The van der Waals surface area contributed by atoms with Crippen molar-refractivity contribution in [3.8, 4) is 0 Å². The molecule has 0 aromatic heterocycles. The molecule has 0 spiro atoms. The standard InChI is InChI=1S/C13H25NO3S3/c1-13(2,20)11(12(16)17)14-10(15)6-4-3-5-9(19)7-8-18/h9,11,18-20H,3-8H2,1-2H3,(H,14,15)(H,16,17)/t9?,11-/m1/s1. The van der Waals surface area contributed by atoms with Crippen LogP contribution in [-0.2, 0) is 9.59 Å². The average Bonchev–Trinajstić information content (AvgIpc) is 2.30. The van der Waals surface area contributed by atoms with E-state index >= 15 is 0 Å². The fourth-order valence-corrected chi connectivity index (χ4v) is 2.73. The smallest absolute Gasteiger partial charge is 0.327 e. The van der Waals surface area contributed by atoms with E-state index in [0.29, 0.717) is 11.7 Å². The van der Waals surface area contributed by atoms with Gasteiger partial charge in [0.2, 0.25) is 5.91 Å². The summed E-state index contributed by atoms with van der Waals surface area (Å²) in [5, 5.41) is 11.9. The van der Waals surface area contributed by atoms with Crippen molar-refractivity contribution in [2.45, 2.75) is 62.0 Å². The summed E-state index contributed by atoms with van der Waals surface area (Å²) in [5.74, 6) is -0.501. The second-order valence-electron chi connectivity index (χ2n) is 5.40. The lowest BCUT2D eigenvalue weighted by Crippen LogP contribution is -2.51. The molecule has 0 heterocycles. The van der Waals surface area contributed by atoms with Gasteiger partial charge in [0, 0.05) is 16.4 Å². The number of hydrogen-bond acceptors (Lipinski definition) is 5. The van der Waals surface area contributed by atoms with E-state index in [-0.39, 0.29) is 5.91 Å². The summed E-state index contributed by atoms with van der Waals surface area (Å²) in [6.07, 6.45) is 3.85. The Kier molecular flexibility index (Phi) is 9.84. The van der Waals surface area contributed by atoms with Gasteiger partial charge in [-0.25, -0.2) is 4.79 Å². The number of hydrogen-bond donors (Lipinski definition) is 5. The normalized spacial score (nSPS) is 14.7. The zero-order valence-electron chi connectivity index (χ0n) is 12.0. The molecule has 0 bridgehead atoms. The number of thiol groups is 3. The van der Waals surface area contributed by atoms with E-state index < -0.39 is 16.8 Å². The van der Waals surface area contributed by atoms with Crippen molar-refractivity contribution >= 4 is 49.8 Å². The van der Waals surface area contributed by atoms with Crippen molar-refractivity contribution in [2.75, 3.05) is 5.75 Å². The first-order chi connectivity index (χ1) is 9.18. The highest BCUT2D eigenvalue weighted by Gasteiger charge is 2.33. The topological polar surface area (TPSA) is 66.4 Å². The van der Waals surface area contributed by atoms with Gasteiger partial charge in [-0.15, -0.1) is 0 Å². The predicted molar refractivity (Wildman–Crippen MR) is 92.3 cm³/mol. The molecule has 0 rings (SSSR count). The molecule has 0 aromatic carbocycles. The largest absolute Gasteiger partial charge is 0.480 e. The molecule has 0 fully saturated rings. The molecule has 2 atom stereocenters. The maximum atomic E-state index is 11.7. The Bertz CT molecular complexity index is 318. The van der Waals surface area contributed by atoms with Crippen LogP contribution in [0.1, 0.15) is 46.0 Å². The summed E-state index contributed by atoms with van der Waals surface area (Å²) >= 11 is 12.8. The quantitative estimate of drug-likeness (QED) is 0.314. The second kappa shape index (κ2) is 9.84. The molecule has 0 saturated carbocycles. The molecule has 0 aliphatic carbocycles. The molecule has 1 amide bonds. The number of amides is 1. The van der Waals surface area contributed by atoms with Crippen molar-refractivity contribution in [3.63, 3.8) is 0 Å². The maximum absolute atomic E-state index is 11.7. The summed E-state index contributed by atoms with van der Waals surface area (Å²) in [7, 11) is 0. The predicted octanol–water partition coefficient (Wildman–Crippen LogP) is 2.44. The van der Waals surface area contributed by atoms with Crippen LogP contribution in [0.2, 0.25) is 0 Å². The fourth-order valence-electron chi connectivity index (χ4n) is 1.73. The van der Waals surface area contributed by atoms with Crippen LogP contribution in [0.4, 0.5) is 0 Å². The lowest BCUT2D eigenvalue weighted by Gasteiger charge is -2.26. The minimum absolute atomic E-state index is 0.246. The number of aliphatic carboxylic acids is 1. The van der Waals surface area contributed by atoms with E-state index in [4.69, 9.17) is 5.11 Å². The lowest BCUT2D eigenvalue weighted by atomic mass is 10.0. The first-order valence-electron chi connectivity index (χ1n) is 6.72. The third-order valence-corrected chi connectivity index (χ3v) is 3.95. The number of carbonyl (C=O) groups excluding carboxylic acids is 1. The highest BCUT2D eigenvalue weighted by Crippen LogP contribution is 2.18. The highest BCUT2D eigenvalue weighted by atomic mass is 32.1. The van der Waals surface area contributed by atoms with Gasteiger partial charge in [-0.2, -0.15) is 37.9 Å². The zero-order chi connectivity index (χ0) is 15.8. The summed E-state index contributed by atoms with van der Waals surface area (Å²) in [4.78, 5) is 22.8. The molecule has 0 aromatic rings. The lowest BCUT2D eigenvalue weighted by molar-refractivity contribution is -0.142. The third kappa shape index (κ3) is 9.02. The molecule has 2 N–H and O–H groups in total. The van der Waals surface area contributed by atoms with Crippen LogP contribution in [0.5, 0.6) is 0 Å². The van der Waals surface area contributed by atoms with Gasteiger partial charge in [0.25, 0.3) is 0 Å². The van der Waals surface area contributed by atoms with Crippen LogP contribution < -0.4 is 5.32 Å². The SMILES string of the molecule is CC(C)(S)[C@H](NC(=O)CCCCC(S)CCS)C(=O)O. The molecule has 0 radical (unpaired) electrons. The summed E-state index contributed by atoms with van der Waals surface area (Å²) in [5.41, 5.74) is 0. The van der Waals surface area contributed by atoms with Crippen molar-refractivity contribution in [2.24, 2.45) is 0 Å². The van der Waals surface area contributed by atoms with Crippen molar-refractivity contribution in [1.82, 2.24) is 5.32 Å². The summed E-state index contributed by atoms with van der Waals surface area (Å²) < 4.78 is -0.801. The molecule has 118 valence electrons. The number of unbranched alkanes of at least 4 members (excludes halogenated alkanes) is 1. The van der Waals surface area contributed by atoms with Gasteiger partial charge < -0.3 is 10.4 Å². The van der Waals surface area contributed by atoms with Gasteiger partial charge in [-0.3, -0.25) is 4.79 Å². The fraction of sp³-hybridized carbons (Fsp3) is 0.846. The van der Waals surface area contributed by atoms with Crippen molar-refractivity contribution in [1.29, 1.82) is 0 Å². The van der Waals surface area contributed by atoms with E-state index in [2.05, 4.69) is 43.2 Å². The molecule has 7 heteroatoms. The summed E-state index contributed by atoms with van der Waals surface area (Å²) in [6, 6.07) is -0.986. The van der Waals surface area contributed by atoms with Crippen molar-refractivity contribution in [3.05, 3.63) is 0 Å². The Morgan fingerprint density at radius 1 is 1.25 bits per heavy atom. The monoisotopic (exact) mass is 339 g/mol. The van der Waals surface area contributed by atoms with Crippen LogP contribution >= 0.6 is 37.9 Å². The first-order valence-corrected chi connectivity index (χ1v) is 8.31. The van der Waals surface area contributed by atoms with Gasteiger partial charge in [-0.05, 0) is 38.9 Å². The zero-order valence-corrected chi connectivity index (χ0v) is 14.7. The second-order valence-corrected chi connectivity index (χ2v) is 7.73. The number of nitrogens with one attached hydrogen (secondary N) is 1. The van der Waals surface area contributed by atoms with Crippen molar-refractivity contribution < 1.29 is 14.7 Å². The van der Waals surface area contributed by atoms with Gasteiger partial charge in [-0.1, -0.05) is 6.42 Å². The van der Waals surface area contributed by atoms with Crippen LogP contribution in [0.25, 0.3) is 0 Å². The molecule has 0 saturated heterocycles. The number of carboxylic acids is 1. The van der Waals surface area contributed by atoms with E-state index in [1.165, 1.54) is 0 Å². The van der Waals surface area contributed by atoms with E-state index in [1.807, 2.05) is 0 Å². The van der Waals surface area contributed by atoms with E-state index in [0.717, 1.165) is 31.4 Å². The van der Waals surface area contributed by atoms with E-state index in [9.17, 15) is 9.59 Å². The van der Waals surface area contributed by atoms with Gasteiger partial charge in [0.15, 0.2) is 0 Å². The molecule has 0 aliphatic rings. The molecule has 20 heavy (non-hydrogen) atoms. The number of rotatable bonds is 10. The summed E-state index contributed by atoms with van der Waals surface area (Å²) in [6.45, 7) is 3.33. The van der Waals surface area contributed by atoms with Crippen LogP contribution in [0.15, 0.2) is 0 Å². The maximum Gasteiger partial charge on any atom is 0.327 e. The number of carboxylic acid groups (broad SMARTS) is 1. The molecular weight excluding hydrogens is 314 g/mol. The Balaban J connectivity index is 4.01. The Morgan fingerprint density at radius 2 is 1.85 bits per heavy atom. The minimum atomic E-state index is -1.07. The first kappa shape index (κ1) is 20.0. The Morgan fingerprint density at radius 3 is 2.30 bits per heavy atom. The van der Waals surface area contributed by atoms with E-state index in [1.54, 1.807) is 13.8 Å². The third-order valence-electron chi connectivity index (χ3n) is 2.91. The van der Waals surface area contributed by atoms with Crippen LogP contribution in [0.3, 0.4) is 0 Å². The molecular formula is C13H25NO3S3. The van der Waals surface area contributed by atoms with Crippen LogP contribution in [0, 0.1) is 0 Å².